The van der Waals surface area contributed by atoms with Gasteiger partial charge in [-0.3, -0.25) is 0 Å². The lowest BCUT2D eigenvalue weighted by Gasteiger charge is -2.23. The van der Waals surface area contributed by atoms with E-state index >= 15 is 0 Å². The minimum atomic E-state index is -0.653. The molecule has 2 unspecified atom stereocenters. The first-order valence-electron chi connectivity index (χ1n) is 6.98. The van der Waals surface area contributed by atoms with Crippen LogP contribution in [-0.2, 0) is 15.1 Å². The minimum Gasteiger partial charge on any atom is -0.453 e. The third kappa shape index (κ3) is 3.08. The van der Waals surface area contributed by atoms with Gasteiger partial charge in [0.2, 0.25) is 0 Å². The highest BCUT2D eigenvalue weighted by Crippen LogP contribution is 2.38. The maximum Gasteiger partial charge on any atom is 0.329 e. The van der Waals surface area contributed by atoms with Gasteiger partial charge in [-0.05, 0) is 59.3 Å². The van der Waals surface area contributed by atoms with E-state index in [0.717, 1.165) is 14.8 Å². The van der Waals surface area contributed by atoms with Crippen molar-refractivity contribution in [2.45, 2.75) is 25.0 Å². The lowest BCUT2D eigenvalue weighted by molar-refractivity contribution is -0.148. The van der Waals surface area contributed by atoms with Crippen LogP contribution in [0.4, 0.5) is 5.69 Å². The maximum absolute atomic E-state index is 12.2. The maximum atomic E-state index is 12.2. The summed E-state index contributed by atoms with van der Waals surface area (Å²) in [6.07, 6.45) is 0.567. The van der Waals surface area contributed by atoms with Gasteiger partial charge in [0.05, 0.1) is 0 Å². The predicted octanol–water partition coefficient (Wildman–Crippen LogP) is 4.59. The largest absolute Gasteiger partial charge is 0.453 e. The summed E-state index contributed by atoms with van der Waals surface area (Å²) < 4.78 is 6.73. The lowest BCUT2D eigenvalue weighted by atomic mass is 9.91. The molecule has 3 rings (SSSR count). The number of nitrogens with one attached hydrogen (secondary N) is 1. The van der Waals surface area contributed by atoms with Crippen LogP contribution in [0, 0.1) is 3.57 Å². The van der Waals surface area contributed by atoms with Crippen LogP contribution in [0.15, 0.2) is 48.5 Å². The molecule has 0 aliphatic carbocycles. The van der Waals surface area contributed by atoms with Crippen molar-refractivity contribution in [2.75, 3.05) is 5.32 Å². The molecule has 0 amide bonds. The van der Waals surface area contributed by atoms with Gasteiger partial charge < -0.3 is 10.1 Å². The molecule has 1 fully saturated rings. The number of esters is 1. The van der Waals surface area contributed by atoms with E-state index < -0.39 is 5.60 Å². The Balaban J connectivity index is 1.82. The minimum absolute atomic E-state index is 0.234. The van der Waals surface area contributed by atoms with Crippen LogP contribution in [0.2, 0.25) is 5.02 Å². The van der Waals surface area contributed by atoms with Crippen molar-refractivity contribution < 1.29 is 9.53 Å². The number of cyclic esters (lactones) is 1. The Hall–Kier alpha value is -1.27. The van der Waals surface area contributed by atoms with Crippen LogP contribution in [-0.4, -0.2) is 12.0 Å². The second kappa shape index (κ2) is 6.08. The van der Waals surface area contributed by atoms with Gasteiger partial charge in [-0.2, -0.15) is 0 Å². The molecule has 22 heavy (non-hydrogen) atoms. The van der Waals surface area contributed by atoms with Gasteiger partial charge >= 0.3 is 5.97 Å². The van der Waals surface area contributed by atoms with E-state index in [4.69, 9.17) is 16.3 Å². The smallest absolute Gasteiger partial charge is 0.329 e. The van der Waals surface area contributed by atoms with Crippen molar-refractivity contribution in [3.63, 3.8) is 0 Å². The van der Waals surface area contributed by atoms with E-state index in [1.807, 2.05) is 55.5 Å². The van der Waals surface area contributed by atoms with Crippen LogP contribution in [0.3, 0.4) is 0 Å². The summed E-state index contributed by atoms with van der Waals surface area (Å²) in [4.78, 5) is 12.2. The SMILES string of the molecule is CC1(c2cccc(Cl)c2)CC(Nc2ccccc2I)C(=O)O1. The number of carbonyl (C=O) groups is 1. The number of rotatable bonds is 3. The number of hydrogen-bond acceptors (Lipinski definition) is 3. The molecular formula is C17H15ClINO2. The molecule has 2 aromatic carbocycles. The summed E-state index contributed by atoms with van der Waals surface area (Å²) in [5, 5.41) is 3.93. The number of halogens is 2. The van der Waals surface area contributed by atoms with Gasteiger partial charge in [-0.25, -0.2) is 4.79 Å². The molecule has 0 radical (unpaired) electrons. The fraction of sp³-hybridized carbons (Fsp3) is 0.235. The normalized spacial score (nSPS) is 24.1. The van der Waals surface area contributed by atoms with Crippen molar-refractivity contribution in [1.82, 2.24) is 0 Å². The highest BCUT2D eigenvalue weighted by molar-refractivity contribution is 14.1. The third-order valence-corrected chi connectivity index (χ3v) is 5.02. The molecule has 1 saturated heterocycles. The quantitative estimate of drug-likeness (QED) is 0.575. The summed E-state index contributed by atoms with van der Waals surface area (Å²) in [6, 6.07) is 15.0. The van der Waals surface area contributed by atoms with E-state index in [-0.39, 0.29) is 12.0 Å². The Labute approximate surface area is 148 Å². The Morgan fingerprint density at radius 2 is 2.05 bits per heavy atom. The molecule has 0 saturated carbocycles. The first kappa shape index (κ1) is 15.6. The fourth-order valence-electron chi connectivity index (χ4n) is 2.68. The van der Waals surface area contributed by atoms with E-state index in [2.05, 4.69) is 27.9 Å². The van der Waals surface area contributed by atoms with Gasteiger partial charge in [-0.15, -0.1) is 0 Å². The zero-order valence-corrected chi connectivity index (χ0v) is 14.9. The van der Waals surface area contributed by atoms with E-state index in [1.54, 1.807) is 0 Å². The van der Waals surface area contributed by atoms with Crippen molar-refractivity contribution in [2.24, 2.45) is 0 Å². The molecular weight excluding hydrogens is 413 g/mol. The number of para-hydroxylation sites is 1. The Kier molecular flexibility index (Phi) is 4.32. The van der Waals surface area contributed by atoms with Crippen LogP contribution in [0.1, 0.15) is 18.9 Å². The van der Waals surface area contributed by atoms with E-state index in [9.17, 15) is 4.79 Å². The number of benzene rings is 2. The van der Waals surface area contributed by atoms with E-state index in [1.165, 1.54) is 0 Å². The molecule has 1 heterocycles. The van der Waals surface area contributed by atoms with Crippen molar-refractivity contribution in [3.8, 4) is 0 Å². The van der Waals surface area contributed by atoms with Crippen molar-refractivity contribution in [3.05, 3.63) is 62.7 Å². The molecule has 1 N–H and O–H groups in total. The van der Waals surface area contributed by atoms with Crippen LogP contribution >= 0.6 is 34.2 Å². The van der Waals surface area contributed by atoms with Gasteiger partial charge in [0.15, 0.2) is 0 Å². The molecule has 1 aliphatic rings. The molecule has 0 bridgehead atoms. The zero-order valence-electron chi connectivity index (χ0n) is 12.0. The topological polar surface area (TPSA) is 38.3 Å². The molecule has 0 aromatic heterocycles. The second-order valence-corrected chi connectivity index (χ2v) is 7.14. The Morgan fingerprint density at radius 3 is 2.77 bits per heavy atom. The molecule has 114 valence electrons. The zero-order chi connectivity index (χ0) is 15.7. The highest BCUT2D eigenvalue weighted by atomic mass is 127. The Morgan fingerprint density at radius 1 is 1.27 bits per heavy atom. The van der Waals surface area contributed by atoms with Gasteiger partial charge in [0.1, 0.15) is 11.6 Å². The molecule has 5 heteroatoms. The third-order valence-electron chi connectivity index (χ3n) is 3.84. The first-order chi connectivity index (χ1) is 10.5. The molecule has 1 aliphatic heterocycles. The first-order valence-corrected chi connectivity index (χ1v) is 8.43. The molecule has 3 nitrogen and oxygen atoms in total. The lowest BCUT2D eigenvalue weighted by Crippen LogP contribution is -2.25. The number of ether oxygens (including phenoxy) is 1. The summed E-state index contributed by atoms with van der Waals surface area (Å²) in [5.74, 6) is -0.234. The molecule has 0 spiro atoms. The van der Waals surface area contributed by atoms with Gasteiger partial charge in [-0.1, -0.05) is 35.9 Å². The van der Waals surface area contributed by atoms with Crippen molar-refractivity contribution in [1.29, 1.82) is 0 Å². The molecule has 2 atom stereocenters. The van der Waals surface area contributed by atoms with Crippen LogP contribution in [0.5, 0.6) is 0 Å². The van der Waals surface area contributed by atoms with Crippen LogP contribution < -0.4 is 5.32 Å². The number of hydrogen-bond donors (Lipinski definition) is 1. The van der Waals surface area contributed by atoms with Crippen LogP contribution in [0.25, 0.3) is 0 Å². The standard InChI is InChI=1S/C17H15ClINO2/c1-17(11-5-4-6-12(18)9-11)10-15(16(21)22-17)20-14-8-3-2-7-13(14)19/h2-9,15,20H,10H2,1H3. The number of carbonyl (C=O) groups excluding carboxylic acids is 1. The monoisotopic (exact) mass is 427 g/mol. The average molecular weight is 428 g/mol. The number of anilines is 1. The molecule has 2 aromatic rings. The predicted molar refractivity (Wildman–Crippen MR) is 96.1 cm³/mol. The summed E-state index contributed by atoms with van der Waals surface area (Å²) in [5.41, 5.74) is 1.21. The average Bonchev–Trinajstić information content (AvgIpc) is 2.77. The summed E-state index contributed by atoms with van der Waals surface area (Å²) in [7, 11) is 0. The van der Waals surface area contributed by atoms with Gasteiger partial charge in [0.25, 0.3) is 0 Å². The Bertz CT molecular complexity index is 721. The fourth-order valence-corrected chi connectivity index (χ4v) is 3.41. The van der Waals surface area contributed by atoms with Gasteiger partial charge in [0, 0.05) is 20.7 Å². The summed E-state index contributed by atoms with van der Waals surface area (Å²) >= 11 is 8.30. The second-order valence-electron chi connectivity index (χ2n) is 5.54. The summed E-state index contributed by atoms with van der Waals surface area (Å²) in [6.45, 7) is 1.92. The van der Waals surface area contributed by atoms with Crippen molar-refractivity contribution >= 4 is 45.8 Å². The highest BCUT2D eigenvalue weighted by Gasteiger charge is 2.44. The van der Waals surface area contributed by atoms with E-state index in [0.29, 0.717) is 11.4 Å².